The number of allylic oxidation sites excluding steroid dienone is 1. The summed E-state index contributed by atoms with van der Waals surface area (Å²) in [6, 6.07) is 15.1. The van der Waals surface area contributed by atoms with Gasteiger partial charge in [-0.05, 0) is 48.4 Å². The molecule has 8 heteroatoms. The quantitative estimate of drug-likeness (QED) is 0.251. The second kappa shape index (κ2) is 12.0. The smallest absolute Gasteiger partial charge is 0.255 e. The van der Waals surface area contributed by atoms with Crippen molar-refractivity contribution >= 4 is 18.1 Å². The monoisotopic (exact) mass is 463 g/mol. The predicted molar refractivity (Wildman–Crippen MR) is 131 cm³/mol. The minimum absolute atomic E-state index is 0.186. The molecule has 0 radical (unpaired) electrons. The fourth-order valence-electron chi connectivity index (χ4n) is 4.25. The number of rotatable bonds is 12. The number of aldehydes is 1. The summed E-state index contributed by atoms with van der Waals surface area (Å²) in [5.74, 6) is 5.64. The SMILES string of the molecule is CNC(=O)C(CCC=O)N1Cc2c(CC/C(N)=C/N(N)CCc3ccccc3)cccc2C1=O. The lowest BCUT2D eigenvalue weighted by atomic mass is 9.99. The van der Waals surface area contributed by atoms with Crippen LogP contribution in [-0.4, -0.2) is 47.6 Å². The van der Waals surface area contributed by atoms with E-state index in [0.29, 0.717) is 43.6 Å². The topological polar surface area (TPSA) is 122 Å². The van der Waals surface area contributed by atoms with Crippen LogP contribution >= 0.6 is 0 Å². The number of fused-ring (bicyclic) bond motifs is 1. The van der Waals surface area contributed by atoms with Gasteiger partial charge in [0.2, 0.25) is 5.91 Å². The van der Waals surface area contributed by atoms with Crippen LogP contribution in [0, 0.1) is 0 Å². The van der Waals surface area contributed by atoms with Gasteiger partial charge in [-0.15, -0.1) is 0 Å². The fraction of sp³-hybridized carbons (Fsp3) is 0.346. The number of carbonyl (C=O) groups excluding carboxylic acids is 3. The molecule has 0 aliphatic carbocycles. The Kier molecular flexibility index (Phi) is 8.81. The second-order valence-electron chi connectivity index (χ2n) is 8.43. The third-order valence-electron chi connectivity index (χ3n) is 6.09. The molecule has 0 fully saturated rings. The van der Waals surface area contributed by atoms with Crippen molar-refractivity contribution in [2.45, 2.75) is 44.7 Å². The molecule has 2 aromatic rings. The van der Waals surface area contributed by atoms with E-state index in [9.17, 15) is 14.4 Å². The fourth-order valence-corrected chi connectivity index (χ4v) is 4.25. The zero-order valence-corrected chi connectivity index (χ0v) is 19.6. The van der Waals surface area contributed by atoms with Gasteiger partial charge in [0.1, 0.15) is 12.3 Å². The number of nitrogens with zero attached hydrogens (tertiary/aromatic N) is 2. The van der Waals surface area contributed by atoms with Crippen molar-refractivity contribution in [3.8, 4) is 0 Å². The van der Waals surface area contributed by atoms with Gasteiger partial charge in [-0.2, -0.15) is 0 Å². The number of likely N-dealkylation sites (N-methyl/N-ethyl adjacent to an activating group) is 1. The zero-order chi connectivity index (χ0) is 24.5. The van der Waals surface area contributed by atoms with E-state index in [1.807, 2.05) is 30.3 Å². The average Bonchev–Trinajstić information content (AvgIpc) is 3.19. The summed E-state index contributed by atoms with van der Waals surface area (Å²) in [5.41, 5.74) is 10.6. The Morgan fingerprint density at radius 2 is 1.94 bits per heavy atom. The molecule has 0 aromatic heterocycles. The summed E-state index contributed by atoms with van der Waals surface area (Å²) in [5, 5.41) is 4.20. The average molecular weight is 464 g/mol. The van der Waals surface area contributed by atoms with E-state index >= 15 is 0 Å². The molecule has 3 rings (SSSR count). The van der Waals surface area contributed by atoms with E-state index in [1.165, 1.54) is 12.6 Å². The third kappa shape index (κ3) is 6.23. The largest absolute Gasteiger partial charge is 0.401 e. The van der Waals surface area contributed by atoms with Crippen molar-refractivity contribution < 1.29 is 14.4 Å². The number of amides is 2. The first-order valence-electron chi connectivity index (χ1n) is 11.5. The van der Waals surface area contributed by atoms with Gasteiger partial charge < -0.3 is 25.8 Å². The Hall–Kier alpha value is -3.65. The molecule has 8 nitrogen and oxygen atoms in total. The zero-order valence-electron chi connectivity index (χ0n) is 19.6. The highest BCUT2D eigenvalue weighted by atomic mass is 16.2. The van der Waals surface area contributed by atoms with Crippen molar-refractivity contribution in [2.24, 2.45) is 11.6 Å². The first-order valence-corrected chi connectivity index (χ1v) is 11.5. The lowest BCUT2D eigenvalue weighted by Gasteiger charge is -2.25. The van der Waals surface area contributed by atoms with Crippen LogP contribution in [0.5, 0.6) is 0 Å². The highest BCUT2D eigenvalue weighted by Crippen LogP contribution is 2.29. The van der Waals surface area contributed by atoms with E-state index < -0.39 is 6.04 Å². The number of carbonyl (C=O) groups is 3. The summed E-state index contributed by atoms with van der Waals surface area (Å²) in [4.78, 5) is 37.9. The van der Waals surface area contributed by atoms with E-state index in [-0.39, 0.29) is 18.2 Å². The van der Waals surface area contributed by atoms with Crippen LogP contribution < -0.4 is 16.9 Å². The molecule has 0 spiro atoms. The van der Waals surface area contributed by atoms with Gasteiger partial charge in [0.15, 0.2) is 0 Å². The number of benzene rings is 2. The number of nitrogens with two attached hydrogens (primary N) is 2. The maximum Gasteiger partial charge on any atom is 0.255 e. The van der Waals surface area contributed by atoms with Gasteiger partial charge >= 0.3 is 0 Å². The molecule has 0 bridgehead atoms. The minimum atomic E-state index is -0.677. The van der Waals surface area contributed by atoms with Crippen molar-refractivity contribution in [2.75, 3.05) is 13.6 Å². The summed E-state index contributed by atoms with van der Waals surface area (Å²) in [6.07, 6.45) is 5.10. The first-order chi connectivity index (χ1) is 16.4. The minimum Gasteiger partial charge on any atom is -0.401 e. The van der Waals surface area contributed by atoms with Crippen LogP contribution in [0.25, 0.3) is 0 Å². The molecule has 2 aromatic carbocycles. The number of aryl methyl sites for hydroxylation is 1. The maximum absolute atomic E-state index is 13.0. The first kappa shape index (κ1) is 25.0. The van der Waals surface area contributed by atoms with Crippen LogP contribution in [0.1, 0.15) is 46.3 Å². The van der Waals surface area contributed by atoms with Gasteiger partial charge in [0.25, 0.3) is 5.91 Å². The summed E-state index contributed by atoms with van der Waals surface area (Å²) >= 11 is 0. The van der Waals surface area contributed by atoms with Crippen LogP contribution in [0.4, 0.5) is 0 Å². The molecule has 1 aliphatic heterocycles. The van der Waals surface area contributed by atoms with E-state index in [0.717, 1.165) is 23.8 Å². The standard InChI is InChI=1S/C26H33N5O3/c1-29-25(33)24(11-6-16-32)31-18-23-20(9-5-10-22(23)26(31)34)12-13-21(27)17-30(28)15-14-19-7-3-2-4-8-19/h2-5,7-10,16-17,24H,6,11-15,18,27-28H2,1H3,(H,29,33)/b21-17-. The van der Waals surface area contributed by atoms with Gasteiger partial charge in [-0.3, -0.25) is 9.59 Å². The Labute approximate surface area is 200 Å². The molecule has 180 valence electrons. The highest BCUT2D eigenvalue weighted by Gasteiger charge is 2.36. The number of hydrogen-bond acceptors (Lipinski definition) is 6. The van der Waals surface area contributed by atoms with Crippen LogP contribution in [-0.2, 0) is 29.0 Å². The van der Waals surface area contributed by atoms with Gasteiger partial charge in [0.05, 0.1) is 0 Å². The van der Waals surface area contributed by atoms with Gasteiger partial charge in [0, 0.05) is 44.0 Å². The summed E-state index contributed by atoms with van der Waals surface area (Å²) < 4.78 is 0. The molecule has 34 heavy (non-hydrogen) atoms. The normalized spacial score (nSPS) is 14.0. The Morgan fingerprint density at radius 3 is 2.65 bits per heavy atom. The van der Waals surface area contributed by atoms with E-state index in [4.69, 9.17) is 11.6 Å². The predicted octanol–water partition coefficient (Wildman–Crippen LogP) is 1.89. The number of hydrogen-bond donors (Lipinski definition) is 3. The molecule has 1 heterocycles. The Morgan fingerprint density at radius 1 is 1.18 bits per heavy atom. The summed E-state index contributed by atoms with van der Waals surface area (Å²) in [7, 11) is 1.53. The maximum atomic E-state index is 13.0. The van der Waals surface area contributed by atoms with Crippen molar-refractivity contribution in [3.63, 3.8) is 0 Å². The Balaban J connectivity index is 1.64. The van der Waals surface area contributed by atoms with Crippen LogP contribution in [0.15, 0.2) is 60.4 Å². The van der Waals surface area contributed by atoms with E-state index in [2.05, 4.69) is 17.4 Å². The molecule has 0 saturated carbocycles. The lowest BCUT2D eigenvalue weighted by Crippen LogP contribution is -2.46. The molecule has 1 unspecified atom stereocenters. The molecule has 1 atom stereocenters. The number of hydrazine groups is 1. The van der Waals surface area contributed by atoms with Crippen LogP contribution in [0.2, 0.25) is 0 Å². The van der Waals surface area contributed by atoms with Crippen molar-refractivity contribution in [1.82, 2.24) is 15.2 Å². The van der Waals surface area contributed by atoms with Gasteiger partial charge in [-0.25, -0.2) is 5.84 Å². The number of nitrogens with one attached hydrogen (secondary N) is 1. The molecule has 1 aliphatic rings. The van der Waals surface area contributed by atoms with Crippen molar-refractivity contribution in [1.29, 1.82) is 0 Å². The van der Waals surface area contributed by atoms with Crippen molar-refractivity contribution in [3.05, 3.63) is 82.7 Å². The van der Waals surface area contributed by atoms with Gasteiger partial charge in [-0.1, -0.05) is 42.5 Å². The summed E-state index contributed by atoms with van der Waals surface area (Å²) in [6.45, 7) is 0.988. The third-order valence-corrected chi connectivity index (χ3v) is 6.09. The lowest BCUT2D eigenvalue weighted by molar-refractivity contribution is -0.125. The molecular formula is C26H33N5O3. The highest BCUT2D eigenvalue weighted by molar-refractivity contribution is 6.01. The molecule has 2 amide bonds. The Bertz CT molecular complexity index is 1040. The second-order valence-corrected chi connectivity index (χ2v) is 8.43. The molecule has 5 N–H and O–H groups in total. The molecular weight excluding hydrogens is 430 g/mol. The molecule has 0 saturated heterocycles. The van der Waals surface area contributed by atoms with Crippen LogP contribution in [0.3, 0.4) is 0 Å². The van der Waals surface area contributed by atoms with E-state index in [1.54, 1.807) is 22.2 Å².